The van der Waals surface area contributed by atoms with Gasteiger partial charge in [0.2, 0.25) is 0 Å². The van der Waals surface area contributed by atoms with Gasteiger partial charge in [-0.1, -0.05) is 13.8 Å². The van der Waals surface area contributed by atoms with Crippen LogP contribution in [0.2, 0.25) is 0 Å². The van der Waals surface area contributed by atoms with Crippen LogP contribution in [0, 0.1) is 16.7 Å². The summed E-state index contributed by atoms with van der Waals surface area (Å²) in [6, 6.07) is 7.76. The van der Waals surface area contributed by atoms with Crippen LogP contribution in [0.3, 0.4) is 0 Å². The molecule has 1 fully saturated rings. The summed E-state index contributed by atoms with van der Waals surface area (Å²) in [6.07, 6.45) is 5.25. The highest BCUT2D eigenvalue weighted by Gasteiger charge is 2.27. The largest absolute Gasteiger partial charge is 0.490 e. The summed E-state index contributed by atoms with van der Waals surface area (Å²) in [7, 11) is 0. The lowest BCUT2D eigenvalue weighted by Crippen LogP contribution is -2.28. The normalized spacial score (nSPS) is 18.8. The summed E-state index contributed by atoms with van der Waals surface area (Å²) in [5.41, 5.74) is 7.81. The van der Waals surface area contributed by atoms with Gasteiger partial charge in [-0.3, -0.25) is 0 Å². The van der Waals surface area contributed by atoms with E-state index in [1.807, 2.05) is 18.2 Å². The molecule has 1 aromatic carbocycles. The van der Waals surface area contributed by atoms with Crippen LogP contribution in [-0.2, 0) is 6.42 Å². The molecule has 1 aromatic rings. The minimum atomic E-state index is 0.298. The lowest BCUT2D eigenvalue weighted by Gasteiger charge is -2.34. The predicted octanol–water partition coefficient (Wildman–Crippen LogP) is 3.68. The molecule has 19 heavy (non-hydrogen) atoms. The summed E-state index contributed by atoms with van der Waals surface area (Å²) in [4.78, 5) is 0. The van der Waals surface area contributed by atoms with Crippen molar-refractivity contribution in [1.82, 2.24) is 0 Å². The summed E-state index contributed by atoms with van der Waals surface area (Å²) in [5, 5.41) is 8.77. The Morgan fingerprint density at radius 1 is 1.37 bits per heavy atom. The Morgan fingerprint density at radius 2 is 2.05 bits per heavy atom. The van der Waals surface area contributed by atoms with Gasteiger partial charge in [-0.05, 0) is 54.9 Å². The molecule has 0 atom stereocenters. The smallest absolute Gasteiger partial charge is 0.120 e. The van der Waals surface area contributed by atoms with E-state index in [-0.39, 0.29) is 0 Å². The van der Waals surface area contributed by atoms with Crippen LogP contribution in [0.4, 0.5) is 5.69 Å². The number of hydrogen-bond acceptors (Lipinski definition) is 3. The zero-order valence-corrected chi connectivity index (χ0v) is 11.8. The second-order valence-corrected chi connectivity index (χ2v) is 6.18. The fourth-order valence-electron chi connectivity index (χ4n) is 2.58. The van der Waals surface area contributed by atoms with Gasteiger partial charge in [-0.15, -0.1) is 0 Å². The van der Waals surface area contributed by atoms with Gasteiger partial charge in [0.1, 0.15) is 5.75 Å². The van der Waals surface area contributed by atoms with Crippen LogP contribution < -0.4 is 10.5 Å². The molecule has 0 aromatic heterocycles. The lowest BCUT2D eigenvalue weighted by atomic mass is 9.76. The summed E-state index contributed by atoms with van der Waals surface area (Å²) in [6.45, 7) is 4.63. The Morgan fingerprint density at radius 3 is 2.68 bits per heavy atom. The molecule has 1 saturated carbocycles. The first-order valence-electron chi connectivity index (χ1n) is 6.92. The highest BCUT2D eigenvalue weighted by atomic mass is 16.5. The van der Waals surface area contributed by atoms with Gasteiger partial charge in [-0.2, -0.15) is 5.26 Å². The molecular formula is C16H22N2O. The standard InChI is InChI=1S/C16H22N2O/c1-16(2)8-5-13(6-9-16)19-14-3-4-15(18)12(11-14)7-10-17/h3-4,11,13H,5-9,18H2,1-2H3. The van der Waals surface area contributed by atoms with E-state index in [9.17, 15) is 0 Å². The van der Waals surface area contributed by atoms with E-state index < -0.39 is 0 Å². The molecule has 1 aliphatic rings. The number of nitrogens with two attached hydrogens (primary N) is 1. The van der Waals surface area contributed by atoms with Crippen molar-refractivity contribution in [3.05, 3.63) is 23.8 Å². The highest BCUT2D eigenvalue weighted by molar-refractivity contribution is 5.51. The first-order chi connectivity index (χ1) is 9.00. The number of benzene rings is 1. The van der Waals surface area contributed by atoms with Crippen molar-refractivity contribution in [3.63, 3.8) is 0 Å². The van der Waals surface area contributed by atoms with E-state index in [4.69, 9.17) is 15.7 Å². The topological polar surface area (TPSA) is 59.0 Å². The Labute approximate surface area is 115 Å². The number of rotatable bonds is 3. The molecule has 2 rings (SSSR count). The Bertz CT molecular complexity index is 478. The second-order valence-electron chi connectivity index (χ2n) is 6.18. The molecule has 0 saturated heterocycles. The van der Waals surface area contributed by atoms with Gasteiger partial charge in [0.05, 0.1) is 18.6 Å². The van der Waals surface area contributed by atoms with Crippen molar-refractivity contribution in [2.45, 2.75) is 52.1 Å². The van der Waals surface area contributed by atoms with Crippen molar-refractivity contribution in [3.8, 4) is 11.8 Å². The molecular weight excluding hydrogens is 236 g/mol. The van der Waals surface area contributed by atoms with Gasteiger partial charge in [-0.25, -0.2) is 0 Å². The highest BCUT2D eigenvalue weighted by Crippen LogP contribution is 2.36. The van der Waals surface area contributed by atoms with Gasteiger partial charge < -0.3 is 10.5 Å². The molecule has 0 aliphatic heterocycles. The monoisotopic (exact) mass is 258 g/mol. The van der Waals surface area contributed by atoms with E-state index in [1.54, 1.807) is 0 Å². The summed E-state index contributed by atoms with van der Waals surface area (Å²) in [5.74, 6) is 0.837. The fraction of sp³-hybridized carbons (Fsp3) is 0.562. The minimum Gasteiger partial charge on any atom is -0.490 e. The van der Waals surface area contributed by atoms with Gasteiger partial charge in [0.15, 0.2) is 0 Å². The van der Waals surface area contributed by atoms with Crippen LogP contribution in [0.5, 0.6) is 5.75 Å². The van der Waals surface area contributed by atoms with Crippen LogP contribution in [0.1, 0.15) is 45.1 Å². The van der Waals surface area contributed by atoms with Crippen molar-refractivity contribution < 1.29 is 4.74 Å². The minimum absolute atomic E-state index is 0.298. The van der Waals surface area contributed by atoms with Crippen molar-refractivity contribution in [1.29, 1.82) is 5.26 Å². The van der Waals surface area contributed by atoms with Gasteiger partial charge in [0.25, 0.3) is 0 Å². The summed E-state index contributed by atoms with van der Waals surface area (Å²) >= 11 is 0. The van der Waals surface area contributed by atoms with Crippen molar-refractivity contribution in [2.24, 2.45) is 5.41 Å². The molecule has 102 valence electrons. The molecule has 0 unspecified atom stereocenters. The van der Waals surface area contributed by atoms with Crippen LogP contribution in [-0.4, -0.2) is 6.10 Å². The average Bonchev–Trinajstić information content (AvgIpc) is 2.36. The van der Waals surface area contributed by atoms with Crippen LogP contribution in [0.25, 0.3) is 0 Å². The zero-order valence-electron chi connectivity index (χ0n) is 11.8. The average molecular weight is 258 g/mol. The molecule has 0 radical (unpaired) electrons. The third-order valence-electron chi connectivity index (χ3n) is 3.97. The molecule has 2 N–H and O–H groups in total. The Balaban J connectivity index is 2.00. The SMILES string of the molecule is CC1(C)CCC(Oc2ccc(N)c(CC#N)c2)CC1. The number of nitrogens with zero attached hydrogens (tertiary/aromatic N) is 1. The van der Waals surface area contributed by atoms with Crippen LogP contribution in [0.15, 0.2) is 18.2 Å². The van der Waals surface area contributed by atoms with Crippen LogP contribution >= 0.6 is 0 Å². The zero-order chi connectivity index (χ0) is 13.9. The first kappa shape index (κ1) is 13.7. The molecule has 0 amide bonds. The molecule has 0 spiro atoms. The van der Waals surface area contributed by atoms with E-state index >= 15 is 0 Å². The maximum Gasteiger partial charge on any atom is 0.120 e. The quantitative estimate of drug-likeness (QED) is 0.841. The lowest BCUT2D eigenvalue weighted by molar-refractivity contribution is 0.0987. The van der Waals surface area contributed by atoms with E-state index in [0.29, 0.717) is 23.6 Å². The molecule has 0 bridgehead atoms. The van der Waals surface area contributed by atoms with Crippen molar-refractivity contribution >= 4 is 5.69 Å². The maximum absolute atomic E-state index is 8.77. The van der Waals surface area contributed by atoms with E-state index in [0.717, 1.165) is 24.2 Å². The number of hydrogen-bond donors (Lipinski definition) is 1. The number of nitrogen functional groups attached to an aromatic ring is 1. The van der Waals surface area contributed by atoms with E-state index in [1.165, 1.54) is 12.8 Å². The molecule has 1 aliphatic carbocycles. The number of anilines is 1. The first-order valence-corrected chi connectivity index (χ1v) is 6.92. The summed E-state index contributed by atoms with van der Waals surface area (Å²) < 4.78 is 6.03. The third kappa shape index (κ3) is 3.64. The molecule has 0 heterocycles. The fourth-order valence-corrected chi connectivity index (χ4v) is 2.58. The van der Waals surface area contributed by atoms with Crippen molar-refractivity contribution in [2.75, 3.05) is 5.73 Å². The second kappa shape index (κ2) is 5.52. The van der Waals surface area contributed by atoms with Gasteiger partial charge >= 0.3 is 0 Å². The van der Waals surface area contributed by atoms with E-state index in [2.05, 4.69) is 19.9 Å². The Kier molecular flexibility index (Phi) is 3.99. The third-order valence-corrected chi connectivity index (χ3v) is 3.97. The maximum atomic E-state index is 8.77. The number of nitriles is 1. The molecule has 3 heteroatoms. The Hall–Kier alpha value is -1.69. The number of ether oxygens (including phenoxy) is 1. The van der Waals surface area contributed by atoms with Gasteiger partial charge in [0, 0.05) is 5.69 Å². The predicted molar refractivity (Wildman–Crippen MR) is 76.8 cm³/mol. The molecule has 3 nitrogen and oxygen atoms in total.